The summed E-state index contributed by atoms with van der Waals surface area (Å²) in [5.74, 6) is 5.80. The van der Waals surface area contributed by atoms with Gasteiger partial charge in [0.2, 0.25) is 5.95 Å². The molecule has 0 saturated carbocycles. The van der Waals surface area contributed by atoms with Gasteiger partial charge in [-0.1, -0.05) is 18.2 Å². The fourth-order valence-electron chi connectivity index (χ4n) is 2.19. The molecule has 0 radical (unpaired) electrons. The van der Waals surface area contributed by atoms with E-state index < -0.39 is 5.82 Å². The first-order valence-corrected chi connectivity index (χ1v) is 6.25. The first kappa shape index (κ1) is 12.6. The summed E-state index contributed by atoms with van der Waals surface area (Å²) in [5, 5.41) is 3.08. The van der Waals surface area contributed by atoms with Gasteiger partial charge in [-0.3, -0.25) is 5.43 Å². The predicted octanol–water partition coefficient (Wildman–Crippen LogP) is 1.84. The van der Waals surface area contributed by atoms with E-state index in [-0.39, 0.29) is 17.8 Å². The monoisotopic (exact) mass is 275 g/mol. The lowest BCUT2D eigenvalue weighted by molar-refractivity contribution is 0.274. The highest BCUT2D eigenvalue weighted by molar-refractivity contribution is 5.46. The number of para-hydroxylation sites is 1. The molecule has 7 heteroatoms. The van der Waals surface area contributed by atoms with E-state index >= 15 is 0 Å². The van der Waals surface area contributed by atoms with Crippen molar-refractivity contribution in [1.29, 1.82) is 0 Å². The molecule has 0 fully saturated rings. The molecule has 1 atom stereocenters. The summed E-state index contributed by atoms with van der Waals surface area (Å²) in [7, 11) is 0. The van der Waals surface area contributed by atoms with E-state index in [0.717, 1.165) is 23.9 Å². The van der Waals surface area contributed by atoms with Gasteiger partial charge >= 0.3 is 0 Å². The number of nitrogen functional groups attached to an aromatic ring is 1. The van der Waals surface area contributed by atoms with Gasteiger partial charge in [0.25, 0.3) is 0 Å². The van der Waals surface area contributed by atoms with Crippen molar-refractivity contribution in [1.82, 2.24) is 9.97 Å². The van der Waals surface area contributed by atoms with Crippen LogP contribution in [0.15, 0.2) is 30.5 Å². The summed E-state index contributed by atoms with van der Waals surface area (Å²) in [4.78, 5) is 7.69. The molecule has 0 spiro atoms. The number of benzene rings is 1. The molecule has 0 saturated heterocycles. The van der Waals surface area contributed by atoms with Crippen LogP contribution in [-0.2, 0) is 0 Å². The highest BCUT2D eigenvalue weighted by Gasteiger charge is 2.22. The van der Waals surface area contributed by atoms with E-state index in [1.807, 2.05) is 24.3 Å². The number of hydrogen-bond acceptors (Lipinski definition) is 6. The molecule has 4 N–H and O–H groups in total. The molecule has 20 heavy (non-hydrogen) atoms. The van der Waals surface area contributed by atoms with Crippen molar-refractivity contribution in [2.75, 3.05) is 17.3 Å². The Morgan fingerprint density at radius 3 is 3.05 bits per heavy atom. The van der Waals surface area contributed by atoms with Gasteiger partial charge < -0.3 is 10.1 Å². The van der Waals surface area contributed by atoms with Gasteiger partial charge in [-0.15, -0.1) is 0 Å². The van der Waals surface area contributed by atoms with Gasteiger partial charge in [-0.05, 0) is 6.07 Å². The molecule has 6 nitrogen and oxygen atoms in total. The smallest absolute Gasteiger partial charge is 0.239 e. The van der Waals surface area contributed by atoms with Crippen LogP contribution in [0.5, 0.6) is 5.75 Å². The summed E-state index contributed by atoms with van der Waals surface area (Å²) < 4.78 is 19.3. The Bertz CT molecular complexity index is 621. The largest absolute Gasteiger partial charge is 0.493 e. The van der Waals surface area contributed by atoms with Crippen molar-refractivity contribution >= 4 is 11.8 Å². The van der Waals surface area contributed by atoms with Gasteiger partial charge in [-0.25, -0.2) is 15.2 Å². The highest BCUT2D eigenvalue weighted by Crippen LogP contribution is 2.34. The third-order valence-corrected chi connectivity index (χ3v) is 3.14. The van der Waals surface area contributed by atoms with Crippen LogP contribution in [0.3, 0.4) is 0 Å². The minimum absolute atomic E-state index is 0.0602. The summed E-state index contributed by atoms with van der Waals surface area (Å²) >= 11 is 0. The molecule has 0 aliphatic carbocycles. The highest BCUT2D eigenvalue weighted by atomic mass is 19.1. The van der Waals surface area contributed by atoms with Crippen LogP contribution in [0, 0.1) is 5.82 Å². The zero-order valence-corrected chi connectivity index (χ0v) is 10.6. The maximum absolute atomic E-state index is 13.7. The second kappa shape index (κ2) is 5.30. The molecule has 1 aromatic carbocycles. The maximum atomic E-state index is 13.7. The number of halogens is 1. The maximum Gasteiger partial charge on any atom is 0.239 e. The van der Waals surface area contributed by atoms with Crippen molar-refractivity contribution in [3.05, 3.63) is 41.8 Å². The lowest BCUT2D eigenvalue weighted by atomic mass is 10.0. The molecule has 2 heterocycles. The Kier molecular flexibility index (Phi) is 3.34. The van der Waals surface area contributed by atoms with Gasteiger partial charge in [0, 0.05) is 12.0 Å². The van der Waals surface area contributed by atoms with E-state index in [2.05, 4.69) is 20.7 Å². The van der Waals surface area contributed by atoms with Crippen LogP contribution in [-0.4, -0.2) is 16.6 Å². The van der Waals surface area contributed by atoms with E-state index in [0.29, 0.717) is 6.61 Å². The number of nitrogens with one attached hydrogen (secondary N) is 2. The average Bonchev–Trinajstić information content (AvgIpc) is 2.50. The van der Waals surface area contributed by atoms with E-state index in [9.17, 15) is 4.39 Å². The van der Waals surface area contributed by atoms with E-state index in [1.165, 1.54) is 0 Å². The number of hydrazine groups is 1. The first-order valence-electron chi connectivity index (χ1n) is 6.25. The predicted molar refractivity (Wildman–Crippen MR) is 72.7 cm³/mol. The molecule has 2 aromatic rings. The van der Waals surface area contributed by atoms with E-state index in [4.69, 9.17) is 10.6 Å². The van der Waals surface area contributed by atoms with Crippen molar-refractivity contribution in [3.8, 4) is 5.75 Å². The lowest BCUT2D eigenvalue weighted by Crippen LogP contribution is -2.22. The number of hydrogen-bond donors (Lipinski definition) is 3. The second-order valence-electron chi connectivity index (χ2n) is 4.41. The third kappa shape index (κ3) is 2.35. The Morgan fingerprint density at radius 1 is 1.35 bits per heavy atom. The molecular formula is C13H14FN5O. The summed E-state index contributed by atoms with van der Waals surface area (Å²) in [6, 6.07) is 7.61. The zero-order chi connectivity index (χ0) is 13.9. The molecule has 1 aliphatic heterocycles. The molecule has 1 aliphatic rings. The molecule has 1 aromatic heterocycles. The average molecular weight is 275 g/mol. The SMILES string of the molecule is NNc1ncc(F)c(NC2CCOc3ccccc32)n1. The van der Waals surface area contributed by atoms with Crippen molar-refractivity contribution in [2.45, 2.75) is 12.5 Å². The van der Waals surface area contributed by atoms with Gasteiger partial charge in [0.1, 0.15) is 5.75 Å². The fraction of sp³-hybridized carbons (Fsp3) is 0.231. The molecule has 104 valence electrons. The third-order valence-electron chi connectivity index (χ3n) is 3.14. The molecule has 0 amide bonds. The topological polar surface area (TPSA) is 85.1 Å². The molecule has 3 rings (SSSR count). The Labute approximate surface area is 115 Å². The quantitative estimate of drug-likeness (QED) is 0.585. The van der Waals surface area contributed by atoms with Gasteiger partial charge in [0.05, 0.1) is 18.8 Å². The van der Waals surface area contributed by atoms with Crippen LogP contribution < -0.4 is 21.3 Å². The van der Waals surface area contributed by atoms with Crippen molar-refractivity contribution in [3.63, 3.8) is 0 Å². The standard InChI is InChI=1S/C13H14FN5O/c14-9-7-16-13(19-15)18-12(9)17-10-5-6-20-11-4-2-1-3-8(10)11/h1-4,7,10H,5-6,15H2,(H2,16,17,18,19). The minimum atomic E-state index is -0.520. The number of anilines is 2. The molecule has 0 bridgehead atoms. The molecule has 1 unspecified atom stereocenters. The lowest BCUT2D eigenvalue weighted by Gasteiger charge is -2.27. The van der Waals surface area contributed by atoms with Gasteiger partial charge in [0.15, 0.2) is 11.6 Å². The molecular weight excluding hydrogens is 261 g/mol. The first-order chi connectivity index (χ1) is 9.78. The second-order valence-corrected chi connectivity index (χ2v) is 4.41. The number of nitrogens with two attached hydrogens (primary N) is 1. The number of fused-ring (bicyclic) bond motifs is 1. The Hall–Kier alpha value is -2.41. The number of nitrogens with zero attached hydrogens (tertiary/aromatic N) is 2. The Balaban J connectivity index is 1.89. The number of rotatable bonds is 3. The van der Waals surface area contributed by atoms with Crippen molar-refractivity contribution in [2.24, 2.45) is 5.84 Å². The summed E-state index contributed by atoms with van der Waals surface area (Å²) in [6.07, 6.45) is 1.81. The van der Waals surface area contributed by atoms with Crippen LogP contribution >= 0.6 is 0 Å². The van der Waals surface area contributed by atoms with Crippen molar-refractivity contribution < 1.29 is 9.13 Å². The summed E-state index contributed by atoms with van der Waals surface area (Å²) in [6.45, 7) is 0.573. The summed E-state index contributed by atoms with van der Waals surface area (Å²) in [5.41, 5.74) is 3.28. The fourth-order valence-corrected chi connectivity index (χ4v) is 2.19. The van der Waals surface area contributed by atoms with Crippen LogP contribution in [0.2, 0.25) is 0 Å². The minimum Gasteiger partial charge on any atom is -0.493 e. The van der Waals surface area contributed by atoms with Crippen LogP contribution in [0.25, 0.3) is 0 Å². The number of aromatic nitrogens is 2. The zero-order valence-electron chi connectivity index (χ0n) is 10.6. The Morgan fingerprint density at radius 2 is 2.20 bits per heavy atom. The van der Waals surface area contributed by atoms with Crippen LogP contribution in [0.1, 0.15) is 18.0 Å². The van der Waals surface area contributed by atoms with Crippen LogP contribution in [0.4, 0.5) is 16.2 Å². The normalized spacial score (nSPS) is 17.0. The van der Waals surface area contributed by atoms with Gasteiger partial charge in [-0.2, -0.15) is 4.98 Å². The van der Waals surface area contributed by atoms with E-state index in [1.54, 1.807) is 0 Å². The number of ether oxygens (including phenoxy) is 1.